The summed E-state index contributed by atoms with van der Waals surface area (Å²) in [4.78, 5) is 16.7. The summed E-state index contributed by atoms with van der Waals surface area (Å²) in [7, 11) is 0. The van der Waals surface area contributed by atoms with Crippen molar-refractivity contribution < 1.29 is 4.79 Å². The summed E-state index contributed by atoms with van der Waals surface area (Å²) in [6, 6.07) is 6.03. The summed E-state index contributed by atoms with van der Waals surface area (Å²) in [6.45, 7) is 4.23. The summed E-state index contributed by atoms with van der Waals surface area (Å²) in [5.74, 6) is 0.642. The molecule has 0 aliphatic rings. The highest BCUT2D eigenvalue weighted by molar-refractivity contribution is 7.71. The molecule has 1 aromatic carbocycles. The molecule has 0 unspecified atom stereocenters. The molecule has 23 heavy (non-hydrogen) atoms. The predicted octanol–water partition coefficient (Wildman–Crippen LogP) is 3.45. The van der Waals surface area contributed by atoms with Crippen LogP contribution in [0.3, 0.4) is 0 Å². The van der Waals surface area contributed by atoms with Gasteiger partial charge in [-0.25, -0.2) is 4.98 Å². The molecule has 0 spiro atoms. The van der Waals surface area contributed by atoms with Gasteiger partial charge in [0.15, 0.2) is 9.90 Å². The molecule has 0 fully saturated rings. The van der Waals surface area contributed by atoms with Crippen molar-refractivity contribution in [3.8, 4) is 0 Å². The zero-order valence-corrected chi connectivity index (χ0v) is 14.6. The molecule has 0 saturated heterocycles. The van der Waals surface area contributed by atoms with Crippen molar-refractivity contribution in [1.82, 2.24) is 19.7 Å². The van der Waals surface area contributed by atoms with Gasteiger partial charge in [-0.2, -0.15) is 5.10 Å². The summed E-state index contributed by atoms with van der Waals surface area (Å²) in [5.41, 5.74) is 2.07. The number of fused-ring (bicyclic) bond motifs is 1. The normalized spacial score (nSPS) is 11.0. The van der Waals surface area contributed by atoms with E-state index in [9.17, 15) is 4.79 Å². The van der Waals surface area contributed by atoms with E-state index >= 15 is 0 Å². The van der Waals surface area contributed by atoms with Gasteiger partial charge in [0.05, 0.1) is 10.2 Å². The van der Waals surface area contributed by atoms with Crippen molar-refractivity contribution in [2.75, 3.05) is 5.32 Å². The average molecular weight is 347 g/mol. The average Bonchev–Trinajstić information content (AvgIpc) is 3.04. The van der Waals surface area contributed by atoms with Crippen molar-refractivity contribution in [3.63, 3.8) is 0 Å². The van der Waals surface area contributed by atoms with Crippen molar-refractivity contribution in [1.29, 1.82) is 0 Å². The largest absolute Gasteiger partial charge is 0.300 e. The fourth-order valence-electron chi connectivity index (χ4n) is 2.32. The van der Waals surface area contributed by atoms with Crippen LogP contribution in [0.1, 0.15) is 24.7 Å². The number of aromatic amines is 1. The lowest BCUT2D eigenvalue weighted by Crippen LogP contribution is -2.20. The molecule has 3 aromatic rings. The molecule has 120 valence electrons. The number of carbonyl (C=O) groups is 1. The summed E-state index contributed by atoms with van der Waals surface area (Å²) < 4.78 is 3.25. The van der Waals surface area contributed by atoms with E-state index in [1.165, 1.54) is 16.9 Å². The number of anilines is 1. The fraction of sp³-hybridized carbons (Fsp3) is 0.333. The number of amides is 1. The van der Waals surface area contributed by atoms with Crippen LogP contribution in [-0.4, -0.2) is 25.7 Å². The lowest BCUT2D eigenvalue weighted by molar-refractivity contribution is -0.116. The smallest absolute Gasteiger partial charge is 0.246 e. The van der Waals surface area contributed by atoms with Crippen LogP contribution in [0.25, 0.3) is 10.2 Å². The molecule has 1 amide bonds. The summed E-state index contributed by atoms with van der Waals surface area (Å²) in [5, 5.41) is 10.3. The van der Waals surface area contributed by atoms with E-state index in [1.807, 2.05) is 19.1 Å². The lowest BCUT2D eigenvalue weighted by Gasteiger charge is -2.05. The molecule has 0 radical (unpaired) electrons. The number of H-pyrrole nitrogens is 1. The number of nitrogens with one attached hydrogen (secondary N) is 2. The van der Waals surface area contributed by atoms with Gasteiger partial charge in [-0.15, -0.1) is 0 Å². The highest BCUT2D eigenvalue weighted by atomic mass is 32.1. The molecule has 2 aromatic heterocycles. The minimum absolute atomic E-state index is 0.139. The number of hydrogen-bond donors (Lipinski definition) is 2. The summed E-state index contributed by atoms with van der Waals surface area (Å²) >= 11 is 6.66. The minimum atomic E-state index is -0.157. The molecule has 8 heteroatoms. The second-order valence-electron chi connectivity index (χ2n) is 5.32. The van der Waals surface area contributed by atoms with Crippen molar-refractivity contribution in [2.24, 2.45) is 0 Å². The molecule has 0 bridgehead atoms. The Bertz CT molecular complexity index is 908. The van der Waals surface area contributed by atoms with Gasteiger partial charge >= 0.3 is 0 Å². The zero-order valence-electron chi connectivity index (χ0n) is 12.9. The van der Waals surface area contributed by atoms with Gasteiger partial charge in [0.25, 0.3) is 0 Å². The van der Waals surface area contributed by atoms with E-state index in [0.717, 1.165) is 28.9 Å². The van der Waals surface area contributed by atoms with E-state index < -0.39 is 0 Å². The van der Waals surface area contributed by atoms with E-state index in [4.69, 9.17) is 12.2 Å². The third-order valence-corrected chi connectivity index (χ3v) is 4.65. The van der Waals surface area contributed by atoms with Crippen LogP contribution in [0.2, 0.25) is 0 Å². The molecular formula is C15H17N5OS2. The Balaban J connectivity index is 1.76. The number of nitrogens with zero attached hydrogens (tertiary/aromatic N) is 3. The van der Waals surface area contributed by atoms with E-state index in [-0.39, 0.29) is 12.5 Å². The highest BCUT2D eigenvalue weighted by Gasteiger charge is 2.12. The molecule has 0 aliphatic carbocycles. The van der Waals surface area contributed by atoms with Gasteiger partial charge in [-0.1, -0.05) is 24.3 Å². The standard InChI is InChI=1S/C15H17N5OS2/c1-3-4-12-18-19-15(22)20(12)8-13(21)17-14-16-10-6-5-9(2)7-11(10)23-14/h5-7H,3-4,8H2,1-2H3,(H,19,22)(H,16,17,21). The Morgan fingerprint density at radius 2 is 2.30 bits per heavy atom. The Hall–Kier alpha value is -2.06. The maximum Gasteiger partial charge on any atom is 0.246 e. The van der Waals surface area contributed by atoms with E-state index in [1.54, 1.807) is 4.57 Å². The fourth-order valence-corrected chi connectivity index (χ4v) is 3.51. The third kappa shape index (κ3) is 3.48. The molecule has 0 atom stereocenters. The second kappa shape index (κ2) is 6.59. The highest BCUT2D eigenvalue weighted by Crippen LogP contribution is 2.26. The SMILES string of the molecule is CCCc1n[nH]c(=S)n1CC(=O)Nc1nc2ccc(C)cc2s1. The number of aryl methyl sites for hydroxylation is 2. The third-order valence-electron chi connectivity index (χ3n) is 3.40. The first-order valence-corrected chi connectivity index (χ1v) is 8.60. The van der Waals surface area contributed by atoms with Gasteiger partial charge in [-0.3, -0.25) is 14.5 Å². The van der Waals surface area contributed by atoms with Gasteiger partial charge in [-0.05, 0) is 43.3 Å². The number of hydrogen-bond acceptors (Lipinski definition) is 5. The van der Waals surface area contributed by atoms with E-state index in [0.29, 0.717) is 9.90 Å². The first-order valence-electron chi connectivity index (χ1n) is 7.38. The number of thiazole rings is 1. The van der Waals surface area contributed by atoms with Crippen LogP contribution >= 0.6 is 23.6 Å². The quantitative estimate of drug-likeness (QED) is 0.693. The molecule has 0 saturated carbocycles. The van der Waals surface area contributed by atoms with Gasteiger partial charge in [0.1, 0.15) is 12.4 Å². The molecule has 6 nitrogen and oxygen atoms in total. The minimum Gasteiger partial charge on any atom is -0.300 e. The molecule has 2 heterocycles. The molecule has 2 N–H and O–H groups in total. The van der Waals surface area contributed by atoms with Gasteiger partial charge in [0, 0.05) is 6.42 Å². The van der Waals surface area contributed by atoms with Crippen LogP contribution in [0.4, 0.5) is 5.13 Å². The topological polar surface area (TPSA) is 75.6 Å². The van der Waals surface area contributed by atoms with E-state index in [2.05, 4.69) is 33.5 Å². The van der Waals surface area contributed by atoms with Crippen LogP contribution < -0.4 is 5.32 Å². The van der Waals surface area contributed by atoms with Gasteiger partial charge < -0.3 is 5.32 Å². The van der Waals surface area contributed by atoms with Crippen LogP contribution in [0.15, 0.2) is 18.2 Å². The Morgan fingerprint density at radius 3 is 3.09 bits per heavy atom. The Kier molecular flexibility index (Phi) is 4.53. The van der Waals surface area contributed by atoms with Crippen molar-refractivity contribution in [3.05, 3.63) is 34.4 Å². The monoisotopic (exact) mass is 347 g/mol. The molecule has 0 aliphatic heterocycles. The first-order chi connectivity index (χ1) is 11.1. The molecule has 3 rings (SSSR count). The van der Waals surface area contributed by atoms with Crippen LogP contribution in [-0.2, 0) is 17.8 Å². The number of carbonyl (C=O) groups excluding carboxylic acids is 1. The first kappa shape index (κ1) is 15.8. The number of rotatable bonds is 5. The van der Waals surface area contributed by atoms with Crippen molar-refractivity contribution in [2.45, 2.75) is 33.2 Å². The lowest BCUT2D eigenvalue weighted by atomic mass is 10.2. The second-order valence-corrected chi connectivity index (χ2v) is 6.74. The van der Waals surface area contributed by atoms with Crippen LogP contribution in [0.5, 0.6) is 0 Å². The maximum atomic E-state index is 12.3. The zero-order chi connectivity index (χ0) is 16.4. The van der Waals surface area contributed by atoms with Crippen LogP contribution in [0, 0.1) is 11.7 Å². The Morgan fingerprint density at radius 1 is 1.48 bits per heavy atom. The van der Waals surface area contributed by atoms with Gasteiger partial charge in [0.2, 0.25) is 5.91 Å². The van der Waals surface area contributed by atoms with Crippen molar-refractivity contribution >= 4 is 44.8 Å². The Labute approximate surface area is 142 Å². The number of benzene rings is 1. The maximum absolute atomic E-state index is 12.3. The predicted molar refractivity (Wildman–Crippen MR) is 94.4 cm³/mol. The molecular weight excluding hydrogens is 330 g/mol. The summed E-state index contributed by atoms with van der Waals surface area (Å²) in [6.07, 6.45) is 1.72. The number of aromatic nitrogens is 4.